The van der Waals surface area contributed by atoms with Gasteiger partial charge in [0.05, 0.1) is 6.10 Å². The molecule has 0 aromatic carbocycles. The summed E-state index contributed by atoms with van der Waals surface area (Å²) in [5.74, 6) is -1.90. The van der Waals surface area contributed by atoms with Crippen LogP contribution in [0, 0.1) is 0 Å². The van der Waals surface area contributed by atoms with Crippen molar-refractivity contribution in [3.05, 3.63) is 43.1 Å². The van der Waals surface area contributed by atoms with Crippen LogP contribution in [0.5, 0.6) is 0 Å². The molecule has 2 aromatic heterocycles. The summed E-state index contributed by atoms with van der Waals surface area (Å²) < 4.78 is 16.3. The van der Waals surface area contributed by atoms with E-state index in [1.165, 1.54) is 40.9 Å². The summed E-state index contributed by atoms with van der Waals surface area (Å²) in [7, 11) is 2.74. The van der Waals surface area contributed by atoms with Gasteiger partial charge in [-0.05, 0) is 19.4 Å². The third-order valence-electron chi connectivity index (χ3n) is 5.88. The number of aryl methyl sites for hydroxylation is 1. The molecule has 0 aliphatic carbocycles. The van der Waals surface area contributed by atoms with Crippen LogP contribution in [0.4, 0.5) is 9.93 Å². The molecule has 0 saturated carbocycles. The van der Waals surface area contributed by atoms with Crippen LogP contribution in [-0.2, 0) is 40.5 Å². The van der Waals surface area contributed by atoms with Gasteiger partial charge in [0.25, 0.3) is 11.8 Å². The van der Waals surface area contributed by atoms with E-state index in [0.717, 1.165) is 23.1 Å². The number of nitrogens with zero attached hydrogens (tertiary/aromatic N) is 5. The predicted molar refractivity (Wildman–Crippen MR) is 161 cm³/mol. The number of nitrogens with two attached hydrogens (primary N) is 1. The lowest BCUT2D eigenvalue weighted by Gasteiger charge is -2.49. The summed E-state index contributed by atoms with van der Waals surface area (Å²) in [5.41, 5.74) is 4.16. The first-order chi connectivity index (χ1) is 21.4. The molecule has 2 aliphatic rings. The number of thioether (sulfide) groups is 2. The molecule has 1 saturated heterocycles. The quantitative estimate of drug-likeness (QED) is 0.0481. The number of esters is 1. The molecule has 45 heavy (non-hydrogen) atoms. The zero-order chi connectivity index (χ0) is 32.8. The number of amides is 2. The van der Waals surface area contributed by atoms with E-state index in [0.29, 0.717) is 5.57 Å². The molecule has 242 valence electrons. The van der Waals surface area contributed by atoms with Crippen molar-refractivity contribution in [2.45, 2.75) is 36.5 Å². The maximum atomic E-state index is 13.4. The van der Waals surface area contributed by atoms with Crippen LogP contribution in [0.2, 0.25) is 0 Å². The Morgan fingerprint density at radius 3 is 2.62 bits per heavy atom. The van der Waals surface area contributed by atoms with Crippen molar-refractivity contribution in [2.75, 3.05) is 37.6 Å². The molecule has 18 nitrogen and oxygen atoms in total. The molecule has 0 radical (unpaired) electrons. The Labute approximate surface area is 266 Å². The molecule has 2 aliphatic heterocycles. The zero-order valence-corrected chi connectivity index (χ0v) is 26.7. The molecule has 0 spiro atoms. The van der Waals surface area contributed by atoms with E-state index in [1.54, 1.807) is 13.8 Å². The summed E-state index contributed by atoms with van der Waals surface area (Å²) in [5, 5.41) is 9.87. The average molecular weight is 685 g/mol. The number of aromatic nitrogens is 4. The number of H-pyrrole nitrogens is 1. The highest BCUT2D eigenvalue weighted by atomic mass is 32.2. The molecule has 2 unspecified atom stereocenters. The highest BCUT2D eigenvalue weighted by Crippen LogP contribution is 2.41. The Bertz CT molecular complexity index is 1670. The van der Waals surface area contributed by atoms with E-state index in [-0.39, 0.29) is 52.1 Å². The molecule has 0 bridgehead atoms. The van der Waals surface area contributed by atoms with Gasteiger partial charge >= 0.3 is 23.2 Å². The van der Waals surface area contributed by atoms with Crippen molar-refractivity contribution in [2.24, 2.45) is 12.2 Å². The second kappa shape index (κ2) is 14.6. The van der Waals surface area contributed by atoms with Gasteiger partial charge in [-0.15, -0.1) is 23.1 Å². The number of thiazole rings is 1. The van der Waals surface area contributed by atoms with E-state index in [4.69, 9.17) is 24.8 Å². The molecular formula is C24H28N8O10S3. The lowest BCUT2D eigenvalue weighted by atomic mass is 10.0. The van der Waals surface area contributed by atoms with Gasteiger partial charge in [-0.3, -0.25) is 33.9 Å². The van der Waals surface area contributed by atoms with Crippen LogP contribution in [-0.4, -0.2) is 104 Å². The Hall–Kier alpha value is -4.37. The second-order valence-electron chi connectivity index (χ2n) is 9.40. The number of carbonyl (C=O) groups excluding carboxylic acids is 4. The van der Waals surface area contributed by atoms with Crippen LogP contribution in [0.25, 0.3) is 0 Å². The van der Waals surface area contributed by atoms with E-state index in [2.05, 4.69) is 25.5 Å². The van der Waals surface area contributed by atoms with Gasteiger partial charge in [0.1, 0.15) is 43.1 Å². The van der Waals surface area contributed by atoms with Crippen molar-refractivity contribution in [3.8, 4) is 0 Å². The van der Waals surface area contributed by atoms with Crippen molar-refractivity contribution < 1.29 is 38.2 Å². The molecule has 2 atom stereocenters. The Balaban J connectivity index is 1.52. The third kappa shape index (κ3) is 7.84. The van der Waals surface area contributed by atoms with E-state index < -0.39 is 52.6 Å². The summed E-state index contributed by atoms with van der Waals surface area (Å²) in [6.45, 7) is 2.65. The number of hydrogen-bond acceptors (Lipinski definition) is 17. The van der Waals surface area contributed by atoms with Crippen LogP contribution >= 0.6 is 34.9 Å². The zero-order valence-electron chi connectivity index (χ0n) is 24.3. The summed E-state index contributed by atoms with van der Waals surface area (Å²) in [4.78, 5) is 88.6. The van der Waals surface area contributed by atoms with Crippen molar-refractivity contribution in [1.29, 1.82) is 0 Å². The molecule has 2 aromatic rings. The van der Waals surface area contributed by atoms with E-state index >= 15 is 0 Å². The molecule has 1 fully saturated rings. The molecule has 21 heteroatoms. The van der Waals surface area contributed by atoms with Gasteiger partial charge in [0.15, 0.2) is 16.0 Å². The standard InChI is InChI=1S/C24H28N8O10S3/c1-10(2)42-24(38)41-6-5-40-21(37)15-11(8-45-23-28-17(34)18(35)29-31(23)3)7-43-20-14(19(36)32(15)20)27-16(33)13(30-39-4)12-9-44-22(25)26-12/h9-10,14,20H,5-8H2,1-4H3,(H2,25,26)(H,27,33)(H,29,35)/b30-13+. The fourth-order valence-corrected chi connectivity index (χ4v) is 6.93. The monoisotopic (exact) mass is 684 g/mol. The first-order valence-electron chi connectivity index (χ1n) is 13.0. The first kappa shape index (κ1) is 33.5. The molecular weight excluding hydrogens is 657 g/mol. The topological polar surface area (TPSA) is 239 Å². The van der Waals surface area contributed by atoms with Gasteiger partial charge in [0.2, 0.25) is 0 Å². The Kier molecular flexibility index (Phi) is 10.9. The van der Waals surface area contributed by atoms with Crippen LogP contribution in [0.15, 0.2) is 36.6 Å². The Morgan fingerprint density at radius 1 is 1.22 bits per heavy atom. The van der Waals surface area contributed by atoms with Crippen LogP contribution < -0.4 is 22.2 Å². The number of fused-ring (bicyclic) bond motifs is 1. The number of nitrogen functional groups attached to an aromatic ring is 1. The fraction of sp³-hybridized carbons (Fsp3) is 0.458. The average Bonchev–Trinajstić information content (AvgIpc) is 3.42. The number of hydrogen-bond donors (Lipinski definition) is 3. The number of oxime groups is 1. The molecule has 2 amide bonds. The number of anilines is 1. The largest absolute Gasteiger partial charge is 0.508 e. The number of carbonyl (C=O) groups is 4. The summed E-state index contributed by atoms with van der Waals surface area (Å²) >= 11 is 3.42. The van der Waals surface area contributed by atoms with E-state index in [1.807, 2.05) is 0 Å². The van der Waals surface area contributed by atoms with Crippen molar-refractivity contribution in [3.63, 3.8) is 0 Å². The number of aromatic amines is 1. The maximum Gasteiger partial charge on any atom is 0.508 e. The molecule has 4 N–H and O–H groups in total. The SMILES string of the molecule is CO/N=C(/C(=O)NC1C(=O)N2C(C(=O)OCCOC(=O)OC(C)C)=C(CSc3nc(=O)c(=O)[nH]n3C)CSC12)c1csc(N)n1. The van der Waals surface area contributed by atoms with Crippen LogP contribution in [0.1, 0.15) is 19.5 Å². The number of rotatable bonds is 12. The third-order valence-corrected chi connectivity index (χ3v) is 9.01. The number of nitrogens with one attached hydrogen (secondary N) is 2. The highest BCUT2D eigenvalue weighted by Gasteiger charge is 2.54. The minimum absolute atomic E-state index is 0.0704. The minimum atomic E-state index is -1.03. The normalized spacial score (nSPS) is 17.8. The predicted octanol–water partition coefficient (Wildman–Crippen LogP) is -0.591. The van der Waals surface area contributed by atoms with Gasteiger partial charge in [-0.1, -0.05) is 16.9 Å². The van der Waals surface area contributed by atoms with Gasteiger partial charge in [0, 0.05) is 23.9 Å². The maximum absolute atomic E-state index is 13.4. The number of ether oxygens (including phenoxy) is 3. The second-order valence-corrected chi connectivity index (χ2v) is 12.3. The molecule has 4 rings (SSSR count). The van der Waals surface area contributed by atoms with E-state index in [9.17, 15) is 28.8 Å². The lowest BCUT2D eigenvalue weighted by molar-refractivity contribution is -0.153. The highest BCUT2D eigenvalue weighted by molar-refractivity contribution is 8.01. The van der Waals surface area contributed by atoms with Crippen molar-refractivity contribution in [1.82, 2.24) is 30.0 Å². The first-order valence-corrected chi connectivity index (χ1v) is 15.9. The lowest BCUT2D eigenvalue weighted by Crippen LogP contribution is -2.71. The summed E-state index contributed by atoms with van der Waals surface area (Å²) in [6.07, 6.45) is -1.33. The van der Waals surface area contributed by atoms with Gasteiger partial charge in [-0.25, -0.2) is 14.6 Å². The molecule has 4 heterocycles. The Morgan fingerprint density at radius 2 is 1.96 bits per heavy atom. The number of β-lactam (4-membered cyclic amide) rings is 1. The minimum Gasteiger partial charge on any atom is -0.457 e. The fourth-order valence-electron chi connectivity index (χ4n) is 3.98. The van der Waals surface area contributed by atoms with Crippen molar-refractivity contribution >= 4 is 69.6 Å². The van der Waals surface area contributed by atoms with Gasteiger partial charge < -0.3 is 30.1 Å². The van der Waals surface area contributed by atoms with Crippen LogP contribution in [0.3, 0.4) is 0 Å². The smallest absolute Gasteiger partial charge is 0.457 e. The van der Waals surface area contributed by atoms with Gasteiger partial charge in [-0.2, -0.15) is 4.98 Å². The summed E-state index contributed by atoms with van der Waals surface area (Å²) in [6, 6.07) is -1.03.